The van der Waals surface area contributed by atoms with Gasteiger partial charge in [-0.25, -0.2) is 0 Å². The van der Waals surface area contributed by atoms with Crippen LogP contribution in [-0.4, -0.2) is 72.6 Å². The molecule has 0 bridgehead atoms. The summed E-state index contributed by atoms with van der Waals surface area (Å²) in [5, 5.41) is 9.46. The highest BCUT2D eigenvalue weighted by Crippen LogP contribution is 2.08. The lowest BCUT2D eigenvalue weighted by atomic mass is 10.2. The predicted octanol–water partition coefficient (Wildman–Crippen LogP) is -0.647. The van der Waals surface area contributed by atoms with E-state index in [2.05, 4.69) is 25.6 Å². The summed E-state index contributed by atoms with van der Waals surface area (Å²) in [5.41, 5.74) is 0.951. The first-order valence-electron chi connectivity index (χ1n) is 7.91. The van der Waals surface area contributed by atoms with E-state index in [4.69, 9.17) is 4.52 Å². The van der Waals surface area contributed by atoms with E-state index in [-0.39, 0.29) is 11.8 Å². The number of carbonyl (C=O) groups is 2. The Balaban J connectivity index is 1.60. The minimum absolute atomic E-state index is 0.00377. The number of aryl methyl sites for hydroxylation is 1. The number of aromatic nitrogens is 1. The molecule has 2 rings (SSSR count). The van der Waals surface area contributed by atoms with E-state index in [1.807, 2.05) is 13.0 Å². The van der Waals surface area contributed by atoms with E-state index >= 15 is 0 Å². The zero-order chi connectivity index (χ0) is 16.7. The molecule has 0 atom stereocenters. The van der Waals surface area contributed by atoms with Crippen LogP contribution in [0.4, 0.5) is 0 Å². The van der Waals surface area contributed by atoms with E-state index in [1.54, 1.807) is 0 Å². The predicted molar refractivity (Wildman–Crippen MR) is 84.7 cm³/mol. The van der Waals surface area contributed by atoms with E-state index in [9.17, 15) is 9.59 Å². The van der Waals surface area contributed by atoms with Gasteiger partial charge in [0, 0.05) is 58.8 Å². The van der Waals surface area contributed by atoms with Crippen LogP contribution in [0.3, 0.4) is 0 Å². The maximum atomic E-state index is 11.8. The lowest BCUT2D eigenvalue weighted by Crippen LogP contribution is -2.49. The number of rotatable bonds is 7. The standard InChI is InChI=1S/C15H25N5O3/c1-12-9-14(18-23-12)10-19-5-7-20(8-6-19)11-15(22)17-4-3-16-13(2)21/h9H,3-8,10-11H2,1-2H3,(H,16,21)(H,17,22). The Morgan fingerprint density at radius 2 is 1.83 bits per heavy atom. The van der Waals surface area contributed by atoms with E-state index in [0.29, 0.717) is 19.6 Å². The largest absolute Gasteiger partial charge is 0.361 e. The van der Waals surface area contributed by atoms with Gasteiger partial charge in [-0.3, -0.25) is 19.4 Å². The van der Waals surface area contributed by atoms with Gasteiger partial charge in [0.25, 0.3) is 0 Å². The SMILES string of the molecule is CC(=O)NCCNC(=O)CN1CCN(Cc2cc(C)on2)CC1. The van der Waals surface area contributed by atoms with Crippen molar-refractivity contribution < 1.29 is 14.1 Å². The topological polar surface area (TPSA) is 90.7 Å². The summed E-state index contributed by atoms with van der Waals surface area (Å²) < 4.78 is 5.08. The number of nitrogens with zero attached hydrogens (tertiary/aromatic N) is 3. The van der Waals surface area contributed by atoms with Crippen LogP contribution in [0.2, 0.25) is 0 Å². The molecule has 2 N–H and O–H groups in total. The third-order valence-electron chi connectivity index (χ3n) is 3.72. The second-order valence-electron chi connectivity index (χ2n) is 5.81. The number of amides is 2. The highest BCUT2D eigenvalue weighted by atomic mass is 16.5. The van der Waals surface area contributed by atoms with Crippen molar-refractivity contribution in [2.75, 3.05) is 45.8 Å². The van der Waals surface area contributed by atoms with Crippen LogP contribution in [-0.2, 0) is 16.1 Å². The van der Waals surface area contributed by atoms with Crippen LogP contribution < -0.4 is 10.6 Å². The van der Waals surface area contributed by atoms with Crippen LogP contribution in [0.1, 0.15) is 18.4 Å². The molecule has 2 amide bonds. The van der Waals surface area contributed by atoms with Crippen LogP contribution in [0, 0.1) is 6.92 Å². The first-order chi connectivity index (χ1) is 11.0. The summed E-state index contributed by atoms with van der Waals surface area (Å²) in [6, 6.07) is 1.95. The number of carbonyl (C=O) groups excluding carboxylic acids is 2. The van der Waals surface area contributed by atoms with Crippen molar-refractivity contribution in [3.05, 3.63) is 17.5 Å². The van der Waals surface area contributed by atoms with Gasteiger partial charge in [0.1, 0.15) is 5.76 Å². The zero-order valence-electron chi connectivity index (χ0n) is 13.8. The molecule has 0 saturated carbocycles. The number of nitrogens with one attached hydrogen (secondary N) is 2. The van der Waals surface area contributed by atoms with E-state index < -0.39 is 0 Å². The summed E-state index contributed by atoms with van der Waals surface area (Å²) in [6.07, 6.45) is 0. The Bertz CT molecular complexity index is 523. The molecule has 1 aromatic heterocycles. The second-order valence-corrected chi connectivity index (χ2v) is 5.81. The van der Waals surface area contributed by atoms with Crippen molar-refractivity contribution >= 4 is 11.8 Å². The number of hydrogen-bond acceptors (Lipinski definition) is 6. The average Bonchev–Trinajstić information content (AvgIpc) is 2.91. The molecule has 128 valence electrons. The van der Waals surface area contributed by atoms with Crippen LogP contribution in [0.25, 0.3) is 0 Å². The average molecular weight is 323 g/mol. The molecule has 0 aliphatic carbocycles. The van der Waals surface area contributed by atoms with Gasteiger partial charge in [-0.1, -0.05) is 5.16 Å². The maximum Gasteiger partial charge on any atom is 0.234 e. The van der Waals surface area contributed by atoms with Crippen molar-refractivity contribution in [3.63, 3.8) is 0 Å². The summed E-state index contributed by atoms with van der Waals surface area (Å²) >= 11 is 0. The van der Waals surface area contributed by atoms with Crippen molar-refractivity contribution in [2.24, 2.45) is 0 Å². The van der Waals surface area contributed by atoms with Gasteiger partial charge in [-0.15, -0.1) is 0 Å². The van der Waals surface area contributed by atoms with E-state index in [1.165, 1.54) is 6.92 Å². The molecular formula is C15H25N5O3. The molecular weight excluding hydrogens is 298 g/mol. The minimum atomic E-state index is -0.0855. The van der Waals surface area contributed by atoms with Crippen LogP contribution in [0.15, 0.2) is 10.6 Å². The first kappa shape index (κ1) is 17.4. The summed E-state index contributed by atoms with van der Waals surface area (Å²) in [5.74, 6) is 0.739. The fourth-order valence-corrected chi connectivity index (χ4v) is 2.53. The molecule has 1 aliphatic heterocycles. The molecule has 8 nitrogen and oxygen atoms in total. The normalized spacial score (nSPS) is 16.3. The highest BCUT2D eigenvalue weighted by molar-refractivity contribution is 5.78. The fraction of sp³-hybridized carbons (Fsp3) is 0.667. The zero-order valence-corrected chi connectivity index (χ0v) is 13.8. The van der Waals surface area contributed by atoms with Crippen molar-refractivity contribution in [3.8, 4) is 0 Å². The van der Waals surface area contributed by atoms with Gasteiger partial charge >= 0.3 is 0 Å². The Morgan fingerprint density at radius 1 is 1.17 bits per heavy atom. The third-order valence-corrected chi connectivity index (χ3v) is 3.72. The quantitative estimate of drug-likeness (QED) is 0.648. The summed E-state index contributed by atoms with van der Waals surface area (Å²) in [7, 11) is 0. The minimum Gasteiger partial charge on any atom is -0.361 e. The molecule has 0 unspecified atom stereocenters. The molecule has 1 saturated heterocycles. The number of piperazine rings is 1. The molecule has 8 heteroatoms. The molecule has 1 aromatic rings. The Labute approximate surface area is 136 Å². The second kappa shape index (κ2) is 8.64. The van der Waals surface area contributed by atoms with Crippen LogP contribution in [0.5, 0.6) is 0 Å². The molecule has 1 aliphatic rings. The Kier molecular flexibility index (Phi) is 6.54. The highest BCUT2D eigenvalue weighted by Gasteiger charge is 2.19. The van der Waals surface area contributed by atoms with Gasteiger partial charge in [-0.05, 0) is 6.92 Å². The number of hydrogen-bond donors (Lipinski definition) is 2. The van der Waals surface area contributed by atoms with Gasteiger partial charge in [0.2, 0.25) is 11.8 Å². The van der Waals surface area contributed by atoms with Gasteiger partial charge in [0.05, 0.1) is 12.2 Å². The maximum absolute atomic E-state index is 11.8. The first-order valence-corrected chi connectivity index (χ1v) is 7.91. The molecule has 1 fully saturated rings. The van der Waals surface area contributed by atoms with E-state index in [0.717, 1.165) is 44.2 Å². The third kappa shape index (κ3) is 6.37. The van der Waals surface area contributed by atoms with Crippen molar-refractivity contribution in [1.82, 2.24) is 25.6 Å². The lowest BCUT2D eigenvalue weighted by Gasteiger charge is -2.33. The lowest BCUT2D eigenvalue weighted by molar-refractivity contribution is -0.123. The van der Waals surface area contributed by atoms with Crippen LogP contribution >= 0.6 is 0 Å². The molecule has 0 aromatic carbocycles. The van der Waals surface area contributed by atoms with Crippen molar-refractivity contribution in [2.45, 2.75) is 20.4 Å². The van der Waals surface area contributed by atoms with Gasteiger partial charge in [-0.2, -0.15) is 0 Å². The molecule has 0 radical (unpaired) electrons. The Morgan fingerprint density at radius 3 is 2.43 bits per heavy atom. The molecule has 0 spiro atoms. The summed E-state index contributed by atoms with van der Waals surface area (Å²) in [4.78, 5) is 27.0. The van der Waals surface area contributed by atoms with Crippen molar-refractivity contribution in [1.29, 1.82) is 0 Å². The van der Waals surface area contributed by atoms with Gasteiger partial charge in [0.15, 0.2) is 0 Å². The van der Waals surface area contributed by atoms with Gasteiger partial charge < -0.3 is 15.2 Å². The smallest absolute Gasteiger partial charge is 0.234 e. The monoisotopic (exact) mass is 323 g/mol. The Hall–Kier alpha value is -1.93. The summed E-state index contributed by atoms with van der Waals surface area (Å²) in [6.45, 7) is 8.99. The molecule has 23 heavy (non-hydrogen) atoms. The fourth-order valence-electron chi connectivity index (χ4n) is 2.53. The molecule has 2 heterocycles.